The summed E-state index contributed by atoms with van der Waals surface area (Å²) in [6.45, 7) is 3.65. The maximum atomic E-state index is 13.2. The number of aromatic carboxylic acids is 1. The highest BCUT2D eigenvalue weighted by Crippen LogP contribution is 2.44. The maximum absolute atomic E-state index is 13.2. The fraction of sp³-hybridized carbons (Fsp3) is 0.278. The van der Waals surface area contributed by atoms with Crippen LogP contribution < -0.4 is 4.74 Å². The maximum Gasteiger partial charge on any atom is 0.339 e. The quantitative estimate of drug-likeness (QED) is 0.881. The minimum absolute atomic E-state index is 0.130. The Bertz CT molecular complexity index is 748. The van der Waals surface area contributed by atoms with E-state index in [2.05, 4.69) is 0 Å². The first-order valence-corrected chi connectivity index (χ1v) is 7.27. The molecule has 0 unspecified atom stereocenters. The van der Waals surface area contributed by atoms with Crippen LogP contribution in [0.2, 0.25) is 0 Å². The standard InChI is InChI=1S/C18H17FO3/c1-10-8-15(18(20)21)17(9-14(10)12-3-4-12)22-16-6-5-13(19)7-11(16)2/h5-9,12H,3-4H2,1-2H3,(H,20,21). The molecule has 22 heavy (non-hydrogen) atoms. The zero-order chi connectivity index (χ0) is 15.9. The van der Waals surface area contributed by atoms with Crippen molar-refractivity contribution in [3.8, 4) is 11.5 Å². The molecule has 1 fully saturated rings. The minimum atomic E-state index is -1.03. The van der Waals surface area contributed by atoms with Crippen molar-refractivity contribution in [3.63, 3.8) is 0 Å². The number of benzene rings is 2. The Morgan fingerprint density at radius 3 is 2.45 bits per heavy atom. The van der Waals surface area contributed by atoms with Crippen LogP contribution in [0.4, 0.5) is 4.39 Å². The Morgan fingerprint density at radius 2 is 1.86 bits per heavy atom. The highest BCUT2D eigenvalue weighted by Gasteiger charge is 2.27. The molecule has 2 aromatic rings. The number of aryl methyl sites for hydroxylation is 2. The van der Waals surface area contributed by atoms with Crippen LogP contribution in [0.3, 0.4) is 0 Å². The van der Waals surface area contributed by atoms with Crippen molar-refractivity contribution >= 4 is 5.97 Å². The molecule has 1 saturated carbocycles. The van der Waals surface area contributed by atoms with Gasteiger partial charge in [-0.2, -0.15) is 0 Å². The highest BCUT2D eigenvalue weighted by molar-refractivity contribution is 5.91. The molecule has 3 rings (SSSR count). The fourth-order valence-electron chi connectivity index (χ4n) is 2.64. The molecule has 0 saturated heterocycles. The molecule has 4 heteroatoms. The molecule has 0 aliphatic heterocycles. The summed E-state index contributed by atoms with van der Waals surface area (Å²) in [4.78, 5) is 11.5. The van der Waals surface area contributed by atoms with Gasteiger partial charge in [0.2, 0.25) is 0 Å². The van der Waals surface area contributed by atoms with Gasteiger partial charge in [0.1, 0.15) is 22.9 Å². The highest BCUT2D eigenvalue weighted by atomic mass is 19.1. The van der Waals surface area contributed by atoms with Crippen molar-refractivity contribution in [3.05, 3.63) is 58.4 Å². The predicted molar refractivity (Wildman–Crippen MR) is 81.3 cm³/mol. The van der Waals surface area contributed by atoms with Gasteiger partial charge < -0.3 is 9.84 Å². The summed E-state index contributed by atoms with van der Waals surface area (Å²) in [6.07, 6.45) is 2.25. The van der Waals surface area contributed by atoms with Crippen molar-refractivity contribution in [1.29, 1.82) is 0 Å². The Labute approximate surface area is 128 Å². The van der Waals surface area contributed by atoms with Crippen LogP contribution in [0.25, 0.3) is 0 Å². The molecule has 0 radical (unpaired) electrons. The summed E-state index contributed by atoms with van der Waals surface area (Å²) in [7, 11) is 0. The van der Waals surface area contributed by atoms with E-state index in [0.717, 1.165) is 24.0 Å². The molecular formula is C18H17FO3. The van der Waals surface area contributed by atoms with Crippen LogP contribution in [0, 0.1) is 19.7 Å². The second kappa shape index (κ2) is 5.44. The summed E-state index contributed by atoms with van der Waals surface area (Å²) >= 11 is 0. The monoisotopic (exact) mass is 300 g/mol. The number of hydrogen-bond donors (Lipinski definition) is 1. The number of rotatable bonds is 4. The molecule has 1 aliphatic carbocycles. The van der Waals surface area contributed by atoms with Crippen molar-refractivity contribution in [2.75, 3.05) is 0 Å². The molecule has 0 amide bonds. The van der Waals surface area contributed by atoms with Crippen LogP contribution >= 0.6 is 0 Å². The third-order valence-electron chi connectivity index (χ3n) is 3.97. The summed E-state index contributed by atoms with van der Waals surface area (Å²) in [5.41, 5.74) is 2.87. The third-order valence-corrected chi connectivity index (χ3v) is 3.97. The topological polar surface area (TPSA) is 46.5 Å². The van der Waals surface area contributed by atoms with Gasteiger partial charge in [0, 0.05) is 0 Å². The van der Waals surface area contributed by atoms with Crippen LogP contribution in [0.1, 0.15) is 45.8 Å². The zero-order valence-corrected chi connectivity index (χ0v) is 12.5. The largest absolute Gasteiger partial charge is 0.478 e. The van der Waals surface area contributed by atoms with Gasteiger partial charge in [0.05, 0.1) is 0 Å². The summed E-state index contributed by atoms with van der Waals surface area (Å²) < 4.78 is 19.0. The molecule has 0 spiro atoms. The summed E-state index contributed by atoms with van der Waals surface area (Å²) in [5.74, 6) is -0.0881. The van der Waals surface area contributed by atoms with Crippen LogP contribution in [0.15, 0.2) is 30.3 Å². The Balaban J connectivity index is 2.04. The van der Waals surface area contributed by atoms with Crippen molar-refractivity contribution in [2.45, 2.75) is 32.6 Å². The van der Waals surface area contributed by atoms with Gasteiger partial charge in [-0.1, -0.05) is 0 Å². The molecule has 3 nitrogen and oxygen atoms in total. The lowest BCUT2D eigenvalue weighted by Crippen LogP contribution is -2.03. The minimum Gasteiger partial charge on any atom is -0.478 e. The number of carboxylic acid groups (broad SMARTS) is 1. The molecule has 1 aliphatic rings. The van der Waals surface area contributed by atoms with E-state index in [-0.39, 0.29) is 11.4 Å². The zero-order valence-electron chi connectivity index (χ0n) is 12.5. The second-order valence-electron chi connectivity index (χ2n) is 5.80. The molecule has 1 N–H and O–H groups in total. The molecule has 2 aromatic carbocycles. The second-order valence-corrected chi connectivity index (χ2v) is 5.80. The number of halogens is 1. The van der Waals surface area contributed by atoms with E-state index in [0.29, 0.717) is 23.0 Å². The van der Waals surface area contributed by atoms with Gasteiger partial charge >= 0.3 is 5.97 Å². The SMILES string of the molecule is Cc1cc(F)ccc1Oc1cc(C2CC2)c(C)cc1C(=O)O. The summed E-state index contributed by atoms with van der Waals surface area (Å²) in [6, 6.07) is 7.67. The first-order chi connectivity index (χ1) is 10.5. The van der Waals surface area contributed by atoms with Crippen molar-refractivity contribution < 1.29 is 19.0 Å². The molecule has 0 atom stereocenters. The van der Waals surface area contributed by atoms with E-state index < -0.39 is 5.97 Å². The average molecular weight is 300 g/mol. The Hall–Kier alpha value is -2.36. The van der Waals surface area contributed by atoms with E-state index in [1.807, 2.05) is 13.0 Å². The summed E-state index contributed by atoms with van der Waals surface area (Å²) in [5, 5.41) is 9.39. The van der Waals surface area contributed by atoms with Gasteiger partial charge in [-0.3, -0.25) is 0 Å². The molecule has 0 aromatic heterocycles. The molecular weight excluding hydrogens is 283 g/mol. The fourth-order valence-corrected chi connectivity index (χ4v) is 2.64. The number of carboxylic acids is 1. The Kier molecular flexibility index (Phi) is 3.61. The van der Waals surface area contributed by atoms with Gasteiger partial charge in [0.15, 0.2) is 0 Å². The lowest BCUT2D eigenvalue weighted by atomic mass is 10.0. The predicted octanol–water partition coefficient (Wildman–Crippen LogP) is 4.81. The Morgan fingerprint density at radius 1 is 1.14 bits per heavy atom. The number of ether oxygens (including phenoxy) is 1. The van der Waals surface area contributed by atoms with Crippen LogP contribution in [0.5, 0.6) is 11.5 Å². The van der Waals surface area contributed by atoms with Gasteiger partial charge in [-0.15, -0.1) is 0 Å². The average Bonchev–Trinajstić information content (AvgIpc) is 3.27. The van der Waals surface area contributed by atoms with Crippen LogP contribution in [-0.4, -0.2) is 11.1 Å². The molecule has 0 bridgehead atoms. The normalized spacial score (nSPS) is 14.0. The van der Waals surface area contributed by atoms with Gasteiger partial charge in [-0.05, 0) is 79.6 Å². The van der Waals surface area contributed by atoms with E-state index in [4.69, 9.17) is 4.74 Å². The first kappa shape index (κ1) is 14.6. The van der Waals surface area contributed by atoms with E-state index >= 15 is 0 Å². The molecule has 0 heterocycles. The van der Waals surface area contributed by atoms with Crippen molar-refractivity contribution in [2.24, 2.45) is 0 Å². The smallest absolute Gasteiger partial charge is 0.339 e. The van der Waals surface area contributed by atoms with Gasteiger partial charge in [-0.25, -0.2) is 9.18 Å². The third kappa shape index (κ3) is 2.82. The van der Waals surface area contributed by atoms with E-state index in [1.165, 1.54) is 18.2 Å². The lowest BCUT2D eigenvalue weighted by molar-refractivity contribution is 0.0694. The van der Waals surface area contributed by atoms with Gasteiger partial charge in [0.25, 0.3) is 0 Å². The van der Waals surface area contributed by atoms with Crippen molar-refractivity contribution in [1.82, 2.24) is 0 Å². The van der Waals surface area contributed by atoms with Crippen LogP contribution in [-0.2, 0) is 0 Å². The lowest BCUT2D eigenvalue weighted by Gasteiger charge is -2.14. The number of hydrogen-bond acceptors (Lipinski definition) is 2. The van der Waals surface area contributed by atoms with E-state index in [1.54, 1.807) is 13.0 Å². The number of carbonyl (C=O) groups is 1. The first-order valence-electron chi connectivity index (χ1n) is 7.27. The molecule has 114 valence electrons. The van der Waals surface area contributed by atoms with E-state index in [9.17, 15) is 14.3 Å².